The minimum absolute atomic E-state index is 0. The molecule has 0 aromatic rings. The maximum Gasteiger partial charge on any atom is 0.303 e. The van der Waals surface area contributed by atoms with Crippen LogP contribution in [0.15, 0.2) is 0 Å². The van der Waals surface area contributed by atoms with E-state index in [-0.39, 0.29) is 49.4 Å². The van der Waals surface area contributed by atoms with Crippen LogP contribution in [0.4, 0.5) is 0 Å². The Morgan fingerprint density at radius 3 is 0.774 bits per heavy atom. The Morgan fingerprint density at radius 1 is 0.419 bits per heavy atom. The molecule has 0 rings (SSSR count). The topological polar surface area (TPSA) is 112 Å². The summed E-state index contributed by atoms with van der Waals surface area (Å²) in [5.41, 5.74) is 0. The molecule has 1 radical (unpaired) electrons. The molecule has 0 bridgehead atoms. The average molecular weight is 585 g/mol. The van der Waals surface area contributed by atoms with Gasteiger partial charge in [0.2, 0.25) is 0 Å². The molecule has 0 unspecified atom stereocenters. The van der Waals surface area contributed by atoms with Crippen LogP contribution in [0.5, 0.6) is 0 Å². The molecule has 0 amide bonds. The first-order valence-electron chi connectivity index (χ1n) is 12.0. The van der Waals surface area contributed by atoms with Crippen LogP contribution in [-0.2, 0) is 14.4 Å². The molecular formula is C24H48EuO6. The fourth-order valence-electron chi connectivity index (χ4n) is 2.64. The summed E-state index contributed by atoms with van der Waals surface area (Å²) in [6.07, 6.45) is 17.7. The summed E-state index contributed by atoms with van der Waals surface area (Å²) in [5, 5.41) is 24.8. The third-order valence-corrected chi connectivity index (χ3v) is 4.48. The molecule has 3 N–H and O–H groups in total. The van der Waals surface area contributed by atoms with Crippen LogP contribution in [0.3, 0.4) is 0 Å². The van der Waals surface area contributed by atoms with E-state index in [9.17, 15) is 14.4 Å². The van der Waals surface area contributed by atoms with Gasteiger partial charge in [-0.2, -0.15) is 0 Å². The van der Waals surface area contributed by atoms with Crippen LogP contribution >= 0.6 is 0 Å². The van der Waals surface area contributed by atoms with Crippen LogP contribution in [0.2, 0.25) is 0 Å². The smallest absolute Gasteiger partial charge is 0.303 e. The van der Waals surface area contributed by atoms with Crippen molar-refractivity contribution >= 4 is 17.9 Å². The molecule has 0 aromatic heterocycles. The number of carbonyl (C=O) groups is 3. The number of carboxylic acids is 3. The molecule has 0 saturated carbocycles. The van der Waals surface area contributed by atoms with Crippen molar-refractivity contribution in [2.75, 3.05) is 0 Å². The van der Waals surface area contributed by atoms with Gasteiger partial charge >= 0.3 is 17.9 Å². The van der Waals surface area contributed by atoms with Crippen molar-refractivity contribution in [3.8, 4) is 0 Å². The molecule has 0 aliphatic carbocycles. The van der Waals surface area contributed by atoms with E-state index in [1.807, 2.05) is 0 Å². The van der Waals surface area contributed by atoms with Gasteiger partial charge in [-0.25, -0.2) is 0 Å². The van der Waals surface area contributed by atoms with E-state index in [0.29, 0.717) is 19.3 Å². The summed E-state index contributed by atoms with van der Waals surface area (Å²) in [5.74, 6) is -2.01. The van der Waals surface area contributed by atoms with Gasteiger partial charge in [-0.3, -0.25) is 14.4 Å². The second-order valence-electron chi connectivity index (χ2n) is 7.67. The maximum absolute atomic E-state index is 10.0. The normalized spacial score (nSPS) is 9.39. The largest absolute Gasteiger partial charge is 0.481 e. The first-order chi connectivity index (χ1) is 14.3. The number of rotatable bonds is 18. The van der Waals surface area contributed by atoms with E-state index in [1.54, 1.807) is 0 Å². The van der Waals surface area contributed by atoms with Gasteiger partial charge in [0.15, 0.2) is 0 Å². The third kappa shape index (κ3) is 53.3. The van der Waals surface area contributed by atoms with Crippen molar-refractivity contribution in [1.82, 2.24) is 0 Å². The first-order valence-corrected chi connectivity index (χ1v) is 12.0. The van der Waals surface area contributed by atoms with E-state index in [4.69, 9.17) is 15.3 Å². The fourth-order valence-corrected chi connectivity index (χ4v) is 2.64. The molecule has 0 fully saturated rings. The summed E-state index contributed by atoms with van der Waals surface area (Å²) in [6, 6.07) is 0. The Bertz CT molecular complexity index is 331. The van der Waals surface area contributed by atoms with Gasteiger partial charge in [0, 0.05) is 68.6 Å². The van der Waals surface area contributed by atoms with Crippen LogP contribution < -0.4 is 0 Å². The maximum atomic E-state index is 10.0. The van der Waals surface area contributed by atoms with Crippen molar-refractivity contribution < 1.29 is 79.1 Å². The van der Waals surface area contributed by atoms with Gasteiger partial charge in [-0.1, -0.05) is 97.8 Å². The van der Waals surface area contributed by atoms with Gasteiger partial charge in [0.1, 0.15) is 0 Å². The van der Waals surface area contributed by atoms with Crippen molar-refractivity contribution in [1.29, 1.82) is 0 Å². The van der Waals surface area contributed by atoms with E-state index in [0.717, 1.165) is 38.5 Å². The first kappa shape index (κ1) is 38.3. The zero-order valence-electron chi connectivity index (χ0n) is 20.2. The molecule has 6 nitrogen and oxygen atoms in total. The standard InChI is InChI=1S/3C8H16O2.Eu/c3*1-2-3-4-5-6-7-8(9)10;/h3*2-7H2,1H3,(H,9,10);. The number of unbranched alkanes of at least 4 members (excludes halogenated alkanes) is 12. The molecule has 7 heteroatoms. The fraction of sp³-hybridized carbons (Fsp3) is 0.875. The van der Waals surface area contributed by atoms with Crippen LogP contribution in [-0.4, -0.2) is 33.2 Å². The quantitative estimate of drug-likeness (QED) is 0.146. The van der Waals surface area contributed by atoms with Crippen LogP contribution in [0, 0.1) is 49.4 Å². The predicted octanol–water partition coefficient (Wildman–Crippen LogP) is 7.29. The molecule has 0 atom stereocenters. The minimum Gasteiger partial charge on any atom is -0.481 e. The monoisotopic (exact) mass is 585 g/mol. The number of hydrogen-bond donors (Lipinski definition) is 3. The zero-order chi connectivity index (χ0) is 23.5. The molecule has 31 heavy (non-hydrogen) atoms. The molecule has 0 spiro atoms. The summed E-state index contributed by atoms with van der Waals surface area (Å²) < 4.78 is 0. The van der Waals surface area contributed by atoms with Gasteiger partial charge in [-0.15, -0.1) is 0 Å². The third-order valence-electron chi connectivity index (χ3n) is 4.48. The molecule has 0 aliphatic heterocycles. The molecule has 0 heterocycles. The average Bonchev–Trinajstić information content (AvgIpc) is 2.68. The zero-order valence-corrected chi connectivity index (χ0v) is 22.6. The van der Waals surface area contributed by atoms with Crippen molar-refractivity contribution in [2.24, 2.45) is 0 Å². The number of aliphatic carboxylic acids is 3. The van der Waals surface area contributed by atoms with E-state index in [2.05, 4.69) is 20.8 Å². The molecule has 0 aliphatic rings. The Kier molecular flexibility index (Phi) is 42.7. The van der Waals surface area contributed by atoms with E-state index in [1.165, 1.54) is 57.8 Å². The predicted molar refractivity (Wildman–Crippen MR) is 123 cm³/mol. The van der Waals surface area contributed by atoms with Crippen LogP contribution in [0.1, 0.15) is 136 Å². The van der Waals surface area contributed by atoms with Gasteiger partial charge in [0.25, 0.3) is 0 Å². The van der Waals surface area contributed by atoms with E-state index >= 15 is 0 Å². The molecule has 0 saturated heterocycles. The van der Waals surface area contributed by atoms with Crippen molar-refractivity contribution in [2.45, 2.75) is 136 Å². The van der Waals surface area contributed by atoms with Crippen molar-refractivity contribution in [3.63, 3.8) is 0 Å². The summed E-state index contributed by atoms with van der Waals surface area (Å²) in [7, 11) is 0. The second kappa shape index (κ2) is 34.6. The van der Waals surface area contributed by atoms with Gasteiger partial charge in [0.05, 0.1) is 0 Å². The SMILES string of the molecule is CCCCCCCC(=O)O.CCCCCCCC(=O)O.CCCCCCCC(=O)O.[Eu]. The second-order valence-corrected chi connectivity index (χ2v) is 7.67. The number of hydrogen-bond acceptors (Lipinski definition) is 3. The van der Waals surface area contributed by atoms with Crippen LogP contribution in [0.25, 0.3) is 0 Å². The summed E-state index contributed by atoms with van der Waals surface area (Å²) in [6.45, 7) is 6.45. The Balaban J connectivity index is -0.000000174. The van der Waals surface area contributed by atoms with E-state index < -0.39 is 17.9 Å². The van der Waals surface area contributed by atoms with Gasteiger partial charge in [-0.05, 0) is 19.3 Å². The Labute approximate surface area is 231 Å². The van der Waals surface area contributed by atoms with Gasteiger partial charge < -0.3 is 15.3 Å². The summed E-state index contributed by atoms with van der Waals surface area (Å²) in [4.78, 5) is 30.1. The minimum atomic E-state index is -0.670. The molecular weight excluding hydrogens is 536 g/mol. The Morgan fingerprint density at radius 2 is 0.613 bits per heavy atom. The summed E-state index contributed by atoms with van der Waals surface area (Å²) >= 11 is 0. The molecule has 0 aromatic carbocycles. The number of carboxylic acid groups (broad SMARTS) is 3. The molecule has 187 valence electrons. The Hall–Kier alpha value is -0.00558. The van der Waals surface area contributed by atoms with Crippen molar-refractivity contribution in [3.05, 3.63) is 0 Å².